The minimum absolute atomic E-state index is 0.372. The molecule has 4 heteroatoms. The molecule has 0 amide bonds. The highest BCUT2D eigenvalue weighted by atomic mass is 32.1. The van der Waals surface area contributed by atoms with E-state index in [1.165, 1.54) is 24.8 Å². The van der Waals surface area contributed by atoms with Crippen LogP contribution < -0.4 is 5.73 Å². The molecule has 2 heterocycles. The number of piperidine rings is 1. The molecule has 3 nitrogen and oxygen atoms in total. The van der Waals surface area contributed by atoms with Crippen LogP contribution in [0.4, 0.5) is 0 Å². The van der Waals surface area contributed by atoms with Crippen LogP contribution in [0, 0.1) is 0 Å². The van der Waals surface area contributed by atoms with E-state index in [0.29, 0.717) is 17.1 Å². The van der Waals surface area contributed by atoms with Crippen LogP contribution in [0.1, 0.15) is 44.4 Å². The summed E-state index contributed by atoms with van der Waals surface area (Å²) in [5, 5.41) is 0. The second-order valence-electron chi connectivity index (χ2n) is 5.21. The SMILES string of the molecule is C[C@@H]1CCC[C@H](C)N1Cc1ccnc(C(N)=S)c1. The van der Waals surface area contributed by atoms with Crippen LogP contribution >= 0.6 is 12.2 Å². The number of aromatic nitrogens is 1. The molecule has 2 N–H and O–H groups in total. The summed E-state index contributed by atoms with van der Waals surface area (Å²) in [6, 6.07) is 5.36. The van der Waals surface area contributed by atoms with Gasteiger partial charge in [0.25, 0.3) is 0 Å². The van der Waals surface area contributed by atoms with Gasteiger partial charge < -0.3 is 5.73 Å². The largest absolute Gasteiger partial charge is 0.388 e. The number of hydrogen-bond acceptors (Lipinski definition) is 3. The Kier molecular flexibility index (Phi) is 4.30. The third-order valence-corrected chi connectivity index (χ3v) is 4.03. The fraction of sp³-hybridized carbons (Fsp3) is 0.571. The van der Waals surface area contributed by atoms with E-state index in [9.17, 15) is 0 Å². The number of nitrogens with zero attached hydrogens (tertiary/aromatic N) is 2. The Morgan fingerprint density at radius 2 is 2.11 bits per heavy atom. The molecule has 2 atom stereocenters. The Hall–Kier alpha value is -1.00. The molecule has 1 aromatic rings. The van der Waals surface area contributed by atoms with Crippen LogP contribution in [0.2, 0.25) is 0 Å². The van der Waals surface area contributed by atoms with Crippen molar-refractivity contribution in [3.05, 3.63) is 29.6 Å². The van der Waals surface area contributed by atoms with Gasteiger partial charge in [0.1, 0.15) is 4.99 Å². The summed E-state index contributed by atoms with van der Waals surface area (Å²) in [5.74, 6) is 0. The van der Waals surface area contributed by atoms with E-state index in [0.717, 1.165) is 12.2 Å². The minimum Gasteiger partial charge on any atom is -0.388 e. The molecule has 2 rings (SSSR count). The lowest BCUT2D eigenvalue weighted by Crippen LogP contribution is -2.43. The van der Waals surface area contributed by atoms with Crippen LogP contribution in [-0.4, -0.2) is 27.0 Å². The van der Waals surface area contributed by atoms with E-state index in [-0.39, 0.29) is 0 Å². The topological polar surface area (TPSA) is 42.2 Å². The van der Waals surface area contributed by atoms with Crippen molar-refractivity contribution < 1.29 is 0 Å². The molecule has 0 aromatic carbocycles. The summed E-state index contributed by atoms with van der Waals surface area (Å²) in [5.41, 5.74) is 7.59. The fourth-order valence-corrected chi connectivity index (χ4v) is 2.82. The highest BCUT2D eigenvalue weighted by molar-refractivity contribution is 7.80. The molecule has 1 saturated heterocycles. The maximum absolute atomic E-state index is 5.63. The van der Waals surface area contributed by atoms with Gasteiger partial charge in [0.05, 0.1) is 5.69 Å². The van der Waals surface area contributed by atoms with Crippen molar-refractivity contribution in [3.8, 4) is 0 Å². The summed E-state index contributed by atoms with van der Waals surface area (Å²) < 4.78 is 0. The van der Waals surface area contributed by atoms with Gasteiger partial charge in [0, 0.05) is 24.8 Å². The number of likely N-dealkylation sites (tertiary alicyclic amines) is 1. The van der Waals surface area contributed by atoms with E-state index in [2.05, 4.69) is 29.8 Å². The first-order valence-electron chi connectivity index (χ1n) is 6.58. The van der Waals surface area contributed by atoms with Gasteiger partial charge in [0.2, 0.25) is 0 Å². The maximum Gasteiger partial charge on any atom is 0.122 e. The number of nitrogens with two attached hydrogens (primary N) is 1. The Labute approximate surface area is 114 Å². The predicted octanol–water partition coefficient (Wildman–Crippen LogP) is 2.48. The Bertz CT molecular complexity index is 423. The third-order valence-electron chi connectivity index (χ3n) is 3.82. The van der Waals surface area contributed by atoms with Gasteiger partial charge in [-0.2, -0.15) is 0 Å². The number of pyridine rings is 1. The molecule has 1 aliphatic rings. The van der Waals surface area contributed by atoms with E-state index in [1.54, 1.807) is 6.20 Å². The Morgan fingerprint density at radius 1 is 1.44 bits per heavy atom. The molecule has 0 spiro atoms. The van der Waals surface area contributed by atoms with Crippen molar-refractivity contribution in [3.63, 3.8) is 0 Å². The number of thiocarbonyl (C=S) groups is 1. The lowest BCUT2D eigenvalue weighted by atomic mass is 9.97. The molecule has 18 heavy (non-hydrogen) atoms. The highest BCUT2D eigenvalue weighted by Gasteiger charge is 2.24. The first kappa shape index (κ1) is 13.4. The predicted molar refractivity (Wildman–Crippen MR) is 78.4 cm³/mol. The smallest absolute Gasteiger partial charge is 0.122 e. The molecule has 0 unspecified atom stereocenters. The van der Waals surface area contributed by atoms with Crippen molar-refractivity contribution in [2.45, 2.75) is 51.7 Å². The quantitative estimate of drug-likeness (QED) is 0.851. The van der Waals surface area contributed by atoms with Crippen molar-refractivity contribution >= 4 is 17.2 Å². The molecule has 1 aromatic heterocycles. The van der Waals surface area contributed by atoms with Gasteiger partial charge in [-0.25, -0.2) is 0 Å². The van der Waals surface area contributed by atoms with Crippen molar-refractivity contribution in [2.24, 2.45) is 5.73 Å². The van der Waals surface area contributed by atoms with Crippen LogP contribution in [0.5, 0.6) is 0 Å². The molecule has 98 valence electrons. The monoisotopic (exact) mass is 263 g/mol. The molecule has 1 fully saturated rings. The average molecular weight is 263 g/mol. The lowest BCUT2D eigenvalue weighted by Gasteiger charge is -2.39. The average Bonchev–Trinajstić information content (AvgIpc) is 2.34. The zero-order chi connectivity index (χ0) is 13.1. The molecule has 0 radical (unpaired) electrons. The van der Waals surface area contributed by atoms with Crippen molar-refractivity contribution in [1.29, 1.82) is 0 Å². The second kappa shape index (κ2) is 5.76. The number of hydrogen-bond donors (Lipinski definition) is 1. The Morgan fingerprint density at radius 3 is 2.72 bits per heavy atom. The van der Waals surface area contributed by atoms with E-state index in [4.69, 9.17) is 18.0 Å². The number of rotatable bonds is 3. The van der Waals surface area contributed by atoms with Crippen LogP contribution in [0.3, 0.4) is 0 Å². The molecule has 0 aliphatic carbocycles. The molecular weight excluding hydrogens is 242 g/mol. The van der Waals surface area contributed by atoms with Crippen LogP contribution in [-0.2, 0) is 6.54 Å². The van der Waals surface area contributed by atoms with E-state index >= 15 is 0 Å². The second-order valence-corrected chi connectivity index (χ2v) is 5.65. The zero-order valence-corrected chi connectivity index (χ0v) is 11.9. The van der Waals surface area contributed by atoms with Crippen LogP contribution in [0.15, 0.2) is 18.3 Å². The third kappa shape index (κ3) is 3.06. The summed E-state index contributed by atoms with van der Waals surface area (Å²) >= 11 is 4.97. The van der Waals surface area contributed by atoms with Crippen molar-refractivity contribution in [1.82, 2.24) is 9.88 Å². The maximum atomic E-state index is 5.63. The van der Waals surface area contributed by atoms with E-state index < -0.39 is 0 Å². The molecule has 1 aliphatic heterocycles. The Balaban J connectivity index is 2.12. The molecule has 0 saturated carbocycles. The van der Waals surface area contributed by atoms with Gasteiger partial charge in [-0.15, -0.1) is 0 Å². The molecular formula is C14H21N3S. The molecule has 0 bridgehead atoms. The fourth-order valence-electron chi connectivity index (χ4n) is 2.70. The summed E-state index contributed by atoms with van der Waals surface area (Å²) in [4.78, 5) is 7.11. The lowest BCUT2D eigenvalue weighted by molar-refractivity contribution is 0.0952. The van der Waals surface area contributed by atoms with Crippen LogP contribution in [0.25, 0.3) is 0 Å². The first-order valence-corrected chi connectivity index (χ1v) is 6.99. The first-order chi connectivity index (χ1) is 8.58. The summed E-state index contributed by atoms with van der Waals surface area (Å²) in [6.07, 6.45) is 5.71. The van der Waals surface area contributed by atoms with Gasteiger partial charge in [-0.3, -0.25) is 9.88 Å². The minimum atomic E-state index is 0.372. The normalized spacial score (nSPS) is 25.0. The van der Waals surface area contributed by atoms with Gasteiger partial charge >= 0.3 is 0 Å². The van der Waals surface area contributed by atoms with Gasteiger partial charge in [-0.05, 0) is 44.4 Å². The summed E-state index contributed by atoms with van der Waals surface area (Å²) in [6.45, 7) is 5.58. The zero-order valence-electron chi connectivity index (χ0n) is 11.1. The van der Waals surface area contributed by atoms with E-state index in [1.807, 2.05) is 6.07 Å². The summed E-state index contributed by atoms with van der Waals surface area (Å²) in [7, 11) is 0. The van der Waals surface area contributed by atoms with Crippen molar-refractivity contribution in [2.75, 3.05) is 0 Å². The van der Waals surface area contributed by atoms with Gasteiger partial charge in [-0.1, -0.05) is 18.6 Å². The van der Waals surface area contributed by atoms with Gasteiger partial charge in [0.15, 0.2) is 0 Å². The standard InChI is InChI=1S/C14H21N3S/c1-10-4-3-5-11(2)17(10)9-12-6-7-16-13(8-12)14(15)18/h6-8,10-11H,3-5,9H2,1-2H3,(H2,15,18)/t10-,11+. The highest BCUT2D eigenvalue weighted by Crippen LogP contribution is 2.24.